The van der Waals surface area contributed by atoms with Crippen LogP contribution in [0.2, 0.25) is 0 Å². The highest BCUT2D eigenvalue weighted by atomic mass is 16.6. The maximum absolute atomic E-state index is 11.7. The van der Waals surface area contributed by atoms with E-state index in [1.807, 2.05) is 0 Å². The van der Waals surface area contributed by atoms with Crippen molar-refractivity contribution in [3.8, 4) is 45.6 Å². The van der Waals surface area contributed by atoms with Gasteiger partial charge in [-0.3, -0.25) is 10.1 Å². The molecule has 0 saturated heterocycles. The molecule has 3 heterocycles. The van der Waals surface area contributed by atoms with Gasteiger partial charge in [-0.15, -0.1) is 10.2 Å². The molecule has 39 heavy (non-hydrogen) atoms. The van der Waals surface area contributed by atoms with Crippen molar-refractivity contribution in [2.75, 3.05) is 0 Å². The van der Waals surface area contributed by atoms with Gasteiger partial charge < -0.3 is 20.4 Å². The van der Waals surface area contributed by atoms with Gasteiger partial charge in [-0.1, -0.05) is 10.4 Å². The minimum Gasteiger partial charge on any atom is -0.507 e. The third-order valence-corrected chi connectivity index (χ3v) is 5.51. The number of phenols is 2. The highest BCUT2D eigenvalue weighted by Crippen LogP contribution is 2.30. The highest BCUT2D eigenvalue weighted by molar-refractivity contribution is 5.91. The summed E-state index contributed by atoms with van der Waals surface area (Å²) in [5.41, 5.74) is -0.182. The molecule has 0 unspecified atom stereocenters. The summed E-state index contributed by atoms with van der Waals surface area (Å²) in [6.07, 6.45) is 2.74. The molecule has 0 atom stereocenters. The van der Waals surface area contributed by atoms with Crippen LogP contribution in [0, 0.1) is 10.1 Å². The van der Waals surface area contributed by atoms with Crippen LogP contribution in [-0.4, -0.2) is 72.3 Å². The van der Waals surface area contributed by atoms with E-state index in [1.54, 1.807) is 0 Å². The number of nitro groups is 1. The SMILES string of the molecule is O=C(O)c1ccc(-n2cc(-c3ccc([N+](=O)[O-])c(-c4cn(-c5ccc(C(=O)O)c(O)c5)nn4)n3)nn2)cc1O. The minimum atomic E-state index is -1.32. The molecule has 0 aliphatic carbocycles. The van der Waals surface area contributed by atoms with E-state index in [2.05, 4.69) is 25.6 Å². The van der Waals surface area contributed by atoms with Crippen LogP contribution in [-0.2, 0) is 0 Å². The van der Waals surface area contributed by atoms with Crippen molar-refractivity contribution in [2.45, 2.75) is 0 Å². The van der Waals surface area contributed by atoms with E-state index in [0.717, 1.165) is 6.07 Å². The lowest BCUT2D eigenvalue weighted by Gasteiger charge is -2.04. The number of nitrogens with zero attached hydrogens (tertiary/aromatic N) is 8. The van der Waals surface area contributed by atoms with Crippen molar-refractivity contribution in [2.24, 2.45) is 0 Å². The Morgan fingerprint density at radius 2 is 1.26 bits per heavy atom. The van der Waals surface area contributed by atoms with Crippen molar-refractivity contribution >= 4 is 17.6 Å². The summed E-state index contributed by atoms with van der Waals surface area (Å²) < 4.78 is 2.44. The average Bonchev–Trinajstić information content (AvgIpc) is 3.58. The Morgan fingerprint density at radius 1 is 0.744 bits per heavy atom. The van der Waals surface area contributed by atoms with Gasteiger partial charge in [0.15, 0.2) is 5.69 Å². The van der Waals surface area contributed by atoms with E-state index in [0.29, 0.717) is 5.69 Å². The predicted octanol–water partition coefficient (Wildman–Crippen LogP) is 2.29. The fraction of sp³-hybridized carbons (Fsp3) is 0. The number of aromatic carboxylic acids is 2. The van der Waals surface area contributed by atoms with Gasteiger partial charge in [0.25, 0.3) is 5.69 Å². The average molecular weight is 530 g/mol. The number of carbonyl (C=O) groups is 2. The second kappa shape index (κ2) is 9.36. The molecule has 0 spiro atoms. The van der Waals surface area contributed by atoms with Crippen LogP contribution in [0.4, 0.5) is 5.69 Å². The Kier molecular flexibility index (Phi) is 5.88. The van der Waals surface area contributed by atoms with Gasteiger partial charge in [0.2, 0.25) is 0 Å². The second-order valence-corrected chi connectivity index (χ2v) is 7.93. The normalized spacial score (nSPS) is 10.9. The molecule has 2 aromatic carbocycles. The molecule has 0 aliphatic rings. The molecule has 0 radical (unpaired) electrons. The third-order valence-electron chi connectivity index (χ3n) is 5.51. The van der Waals surface area contributed by atoms with Gasteiger partial charge in [-0.2, -0.15) is 0 Å². The summed E-state index contributed by atoms with van der Waals surface area (Å²) in [6, 6.07) is 10.1. The van der Waals surface area contributed by atoms with Crippen LogP contribution < -0.4 is 0 Å². The van der Waals surface area contributed by atoms with Crippen LogP contribution in [0.1, 0.15) is 20.7 Å². The predicted molar refractivity (Wildman–Crippen MR) is 129 cm³/mol. The molecule has 16 nitrogen and oxygen atoms in total. The Labute approximate surface area is 215 Å². The molecule has 0 amide bonds. The van der Waals surface area contributed by atoms with Crippen LogP contribution in [0.15, 0.2) is 60.9 Å². The smallest absolute Gasteiger partial charge is 0.339 e. The van der Waals surface area contributed by atoms with Gasteiger partial charge >= 0.3 is 11.9 Å². The van der Waals surface area contributed by atoms with Crippen molar-refractivity contribution in [3.63, 3.8) is 0 Å². The zero-order valence-electron chi connectivity index (χ0n) is 19.3. The minimum absolute atomic E-state index is 0.00641. The number of hydrogen-bond acceptors (Lipinski definition) is 11. The lowest BCUT2D eigenvalue weighted by atomic mass is 10.1. The van der Waals surface area contributed by atoms with E-state index in [4.69, 9.17) is 10.2 Å². The number of hydrogen-bond donors (Lipinski definition) is 4. The van der Waals surface area contributed by atoms with Crippen LogP contribution in [0.25, 0.3) is 34.2 Å². The van der Waals surface area contributed by atoms with Crippen LogP contribution in [0.3, 0.4) is 0 Å². The number of aromatic hydroxyl groups is 2. The fourth-order valence-corrected chi connectivity index (χ4v) is 3.62. The quantitative estimate of drug-likeness (QED) is 0.175. The Morgan fingerprint density at radius 3 is 1.74 bits per heavy atom. The third kappa shape index (κ3) is 4.55. The number of carboxylic acids is 2. The largest absolute Gasteiger partial charge is 0.507 e. The molecule has 5 rings (SSSR count). The summed E-state index contributed by atoms with van der Waals surface area (Å²) in [4.78, 5) is 37.6. The summed E-state index contributed by atoms with van der Waals surface area (Å²) in [5.74, 6) is -3.59. The van der Waals surface area contributed by atoms with Gasteiger partial charge in [-0.05, 0) is 30.3 Å². The lowest BCUT2D eigenvalue weighted by molar-refractivity contribution is -0.384. The molecule has 4 N–H and O–H groups in total. The van der Waals surface area contributed by atoms with Crippen LogP contribution in [0.5, 0.6) is 11.5 Å². The zero-order chi connectivity index (χ0) is 27.8. The molecule has 16 heteroatoms. The molecule has 0 bridgehead atoms. The van der Waals surface area contributed by atoms with Gasteiger partial charge in [0.05, 0.1) is 34.4 Å². The maximum atomic E-state index is 11.7. The number of benzene rings is 2. The molecule has 5 aromatic rings. The lowest BCUT2D eigenvalue weighted by Crippen LogP contribution is -2.00. The van der Waals surface area contributed by atoms with E-state index in [-0.39, 0.29) is 45.3 Å². The molecular weight excluding hydrogens is 516 g/mol. The molecule has 0 fully saturated rings. The molecular formula is C23H14N8O8. The molecule has 194 valence electrons. The second-order valence-electron chi connectivity index (χ2n) is 7.93. The number of rotatable bonds is 7. The maximum Gasteiger partial charge on any atom is 0.339 e. The van der Waals surface area contributed by atoms with Crippen molar-refractivity contribution in [1.82, 2.24) is 35.0 Å². The Bertz CT molecular complexity index is 1790. The summed E-state index contributed by atoms with van der Waals surface area (Å²) in [6.45, 7) is 0. The number of aromatic nitrogens is 7. The van der Waals surface area contributed by atoms with E-state index >= 15 is 0 Å². The Balaban J connectivity index is 1.51. The first kappa shape index (κ1) is 24.5. The molecule has 0 aliphatic heterocycles. The topological polar surface area (TPSA) is 233 Å². The standard InChI is InChI=1S/C23H14N8O8/c32-19-7-11(1-3-13(19)22(34)35)29-9-16(25-27-29)15-5-6-18(31(38)39)21(24-15)17-10-30(28-26-17)12-2-4-14(23(36)37)20(33)8-12/h1-10,32-33H,(H,34,35)(H,36,37). The fourth-order valence-electron chi connectivity index (χ4n) is 3.62. The van der Waals surface area contributed by atoms with Gasteiger partial charge in [-0.25, -0.2) is 23.9 Å². The molecule has 0 saturated carbocycles. The van der Waals surface area contributed by atoms with E-state index < -0.39 is 28.4 Å². The first-order valence-corrected chi connectivity index (χ1v) is 10.8. The first-order valence-electron chi connectivity index (χ1n) is 10.8. The highest BCUT2D eigenvalue weighted by Gasteiger charge is 2.23. The summed E-state index contributed by atoms with van der Waals surface area (Å²) in [5, 5.41) is 65.6. The number of carboxylic acid groups (broad SMARTS) is 2. The monoisotopic (exact) mass is 530 g/mol. The Hall–Kier alpha value is -6.19. The van der Waals surface area contributed by atoms with E-state index in [1.165, 1.54) is 64.2 Å². The van der Waals surface area contributed by atoms with Gasteiger partial charge in [0.1, 0.15) is 34.0 Å². The first-order chi connectivity index (χ1) is 18.6. The summed E-state index contributed by atoms with van der Waals surface area (Å²) >= 11 is 0. The summed E-state index contributed by atoms with van der Waals surface area (Å²) in [7, 11) is 0. The zero-order valence-corrected chi connectivity index (χ0v) is 19.3. The van der Waals surface area contributed by atoms with Gasteiger partial charge in [0, 0.05) is 18.2 Å². The van der Waals surface area contributed by atoms with Crippen LogP contribution >= 0.6 is 0 Å². The van der Waals surface area contributed by atoms with Crippen molar-refractivity contribution in [1.29, 1.82) is 0 Å². The van der Waals surface area contributed by atoms with E-state index in [9.17, 15) is 29.9 Å². The number of pyridine rings is 1. The van der Waals surface area contributed by atoms with Crippen molar-refractivity contribution in [3.05, 3.63) is 82.2 Å². The molecule has 3 aromatic heterocycles. The van der Waals surface area contributed by atoms with Crippen molar-refractivity contribution < 1.29 is 34.9 Å².